The topological polar surface area (TPSA) is 66.5 Å². The molecule has 1 heterocycles. The van der Waals surface area contributed by atoms with Gasteiger partial charge in [-0.05, 0) is 56.1 Å². The van der Waals surface area contributed by atoms with Crippen molar-refractivity contribution in [2.75, 3.05) is 19.3 Å². The molecule has 2 aliphatic rings. The van der Waals surface area contributed by atoms with Crippen LogP contribution in [0.15, 0.2) is 28.0 Å². The normalized spacial score (nSPS) is 20.0. The molecule has 1 N–H and O–H groups in total. The molecule has 1 aromatic carbocycles. The van der Waals surface area contributed by atoms with Crippen LogP contribution in [0.4, 0.5) is 0 Å². The molecule has 0 atom stereocenters. The highest BCUT2D eigenvalue weighted by Gasteiger charge is 2.27. The van der Waals surface area contributed by atoms with Gasteiger partial charge in [0.2, 0.25) is 10.0 Å². The molecule has 0 spiro atoms. The number of carbonyl (C=O) groups excluding carboxylic acids is 1. The highest BCUT2D eigenvalue weighted by Crippen LogP contribution is 2.28. The lowest BCUT2D eigenvalue weighted by molar-refractivity contribution is 0.0693. The Kier molecular flexibility index (Phi) is 6.87. The van der Waals surface area contributed by atoms with E-state index in [1.807, 2.05) is 11.2 Å². The summed E-state index contributed by atoms with van der Waals surface area (Å²) in [5.74, 6) is 0.585. The summed E-state index contributed by atoms with van der Waals surface area (Å²) in [6, 6.07) is 4.95. The summed E-state index contributed by atoms with van der Waals surface area (Å²) in [6.45, 7) is 3.69. The first-order valence-electron chi connectivity index (χ1n) is 9.90. The monoisotopic (exact) mass is 410 g/mol. The lowest BCUT2D eigenvalue weighted by Crippen LogP contribution is -2.38. The third-order valence-electron chi connectivity index (χ3n) is 5.71. The van der Waals surface area contributed by atoms with E-state index in [1.54, 1.807) is 18.2 Å². The molecule has 0 unspecified atom stereocenters. The van der Waals surface area contributed by atoms with Gasteiger partial charge in [-0.3, -0.25) is 4.79 Å². The highest BCUT2D eigenvalue weighted by molar-refractivity contribution is 7.98. The summed E-state index contributed by atoms with van der Waals surface area (Å²) in [5.41, 5.74) is 0.503. The fraction of sp³-hybridized carbons (Fsp3) is 0.650. The van der Waals surface area contributed by atoms with Crippen molar-refractivity contribution in [2.45, 2.75) is 67.7 Å². The Labute approximate surface area is 167 Å². The summed E-state index contributed by atoms with van der Waals surface area (Å²) < 4.78 is 28.5. The number of benzene rings is 1. The van der Waals surface area contributed by atoms with Gasteiger partial charge in [0, 0.05) is 24.0 Å². The molecule has 1 saturated carbocycles. The van der Waals surface area contributed by atoms with Gasteiger partial charge in [0.15, 0.2) is 0 Å². The molecule has 1 aliphatic carbocycles. The van der Waals surface area contributed by atoms with Gasteiger partial charge in [0.25, 0.3) is 5.91 Å². The van der Waals surface area contributed by atoms with Crippen molar-refractivity contribution in [3.05, 3.63) is 23.8 Å². The van der Waals surface area contributed by atoms with Crippen LogP contribution in [0.5, 0.6) is 0 Å². The molecular formula is C20H30N2O3S2. The highest BCUT2D eigenvalue weighted by atomic mass is 32.2. The fourth-order valence-electron chi connectivity index (χ4n) is 3.91. The van der Waals surface area contributed by atoms with Crippen molar-refractivity contribution >= 4 is 27.7 Å². The lowest BCUT2D eigenvalue weighted by Gasteiger charge is -2.31. The number of nitrogens with one attached hydrogen (secondary N) is 1. The summed E-state index contributed by atoms with van der Waals surface area (Å²) >= 11 is 1.48. The van der Waals surface area contributed by atoms with Crippen molar-refractivity contribution in [2.24, 2.45) is 5.92 Å². The number of piperidine rings is 1. The van der Waals surface area contributed by atoms with Gasteiger partial charge < -0.3 is 4.90 Å². The van der Waals surface area contributed by atoms with Crippen LogP contribution in [0.3, 0.4) is 0 Å². The first kappa shape index (κ1) is 20.7. The Morgan fingerprint density at radius 2 is 1.78 bits per heavy atom. The number of likely N-dealkylation sites (tertiary alicyclic amines) is 1. The molecule has 1 aliphatic heterocycles. The number of hydrogen-bond donors (Lipinski definition) is 1. The molecule has 3 rings (SSSR count). The SMILES string of the molecule is CSc1ccc(S(=O)(=O)NC2CCCCC2)cc1C(=O)N1CCC(C)CC1. The first-order valence-corrected chi connectivity index (χ1v) is 12.6. The molecule has 0 radical (unpaired) electrons. The fourth-order valence-corrected chi connectivity index (χ4v) is 5.81. The minimum Gasteiger partial charge on any atom is -0.339 e. The summed E-state index contributed by atoms with van der Waals surface area (Å²) in [5, 5.41) is 0. The van der Waals surface area contributed by atoms with Crippen LogP contribution in [-0.4, -0.2) is 44.6 Å². The van der Waals surface area contributed by atoms with Gasteiger partial charge in [0.1, 0.15) is 0 Å². The number of amides is 1. The maximum atomic E-state index is 13.1. The largest absolute Gasteiger partial charge is 0.339 e. The van der Waals surface area contributed by atoms with E-state index in [0.29, 0.717) is 11.5 Å². The predicted octanol–water partition coefficient (Wildman–Crippen LogP) is 3.89. The van der Waals surface area contributed by atoms with E-state index >= 15 is 0 Å². The third-order valence-corrected chi connectivity index (χ3v) is 8.02. The van der Waals surface area contributed by atoms with E-state index in [1.165, 1.54) is 18.2 Å². The Morgan fingerprint density at radius 3 is 2.41 bits per heavy atom. The Hall–Kier alpha value is -1.05. The van der Waals surface area contributed by atoms with Crippen molar-refractivity contribution in [3.63, 3.8) is 0 Å². The third kappa shape index (κ3) is 5.06. The zero-order valence-electron chi connectivity index (χ0n) is 16.2. The molecule has 7 heteroatoms. The van der Waals surface area contributed by atoms with E-state index in [0.717, 1.165) is 56.5 Å². The Bertz CT molecular complexity index is 765. The van der Waals surface area contributed by atoms with Gasteiger partial charge >= 0.3 is 0 Å². The maximum absolute atomic E-state index is 13.1. The van der Waals surface area contributed by atoms with E-state index in [2.05, 4.69) is 11.6 Å². The Balaban J connectivity index is 1.83. The first-order chi connectivity index (χ1) is 12.9. The molecule has 1 saturated heterocycles. The second kappa shape index (κ2) is 8.97. The second-order valence-corrected chi connectivity index (χ2v) is 10.4. The van der Waals surface area contributed by atoms with E-state index < -0.39 is 10.0 Å². The molecule has 1 aromatic rings. The molecule has 150 valence electrons. The summed E-state index contributed by atoms with van der Waals surface area (Å²) in [7, 11) is -3.61. The number of rotatable bonds is 5. The molecule has 2 fully saturated rings. The van der Waals surface area contributed by atoms with E-state index in [4.69, 9.17) is 0 Å². The molecule has 5 nitrogen and oxygen atoms in total. The number of carbonyl (C=O) groups is 1. The lowest BCUT2D eigenvalue weighted by atomic mass is 9.96. The summed E-state index contributed by atoms with van der Waals surface area (Å²) in [6.07, 6.45) is 9.00. The Morgan fingerprint density at radius 1 is 1.11 bits per heavy atom. The smallest absolute Gasteiger partial charge is 0.255 e. The van der Waals surface area contributed by atoms with Crippen LogP contribution < -0.4 is 4.72 Å². The average molecular weight is 411 g/mol. The zero-order chi connectivity index (χ0) is 19.4. The minimum absolute atomic E-state index is 0.00621. The molecule has 27 heavy (non-hydrogen) atoms. The standard InChI is InChI=1S/C20H30N2O3S2/c1-15-10-12-22(13-11-15)20(23)18-14-17(8-9-19(18)26-2)27(24,25)21-16-6-4-3-5-7-16/h8-9,14-16,21H,3-7,10-13H2,1-2H3. The van der Waals surface area contributed by atoms with Gasteiger partial charge in [-0.2, -0.15) is 0 Å². The minimum atomic E-state index is -3.61. The molecule has 0 aromatic heterocycles. The van der Waals surface area contributed by atoms with Gasteiger partial charge in [-0.1, -0.05) is 26.2 Å². The second-order valence-electron chi connectivity index (χ2n) is 7.79. The van der Waals surface area contributed by atoms with Gasteiger partial charge in [0.05, 0.1) is 10.5 Å². The van der Waals surface area contributed by atoms with Crippen LogP contribution in [0.2, 0.25) is 0 Å². The van der Waals surface area contributed by atoms with Crippen LogP contribution >= 0.6 is 11.8 Å². The molecule has 0 bridgehead atoms. The van der Waals surface area contributed by atoms with Crippen molar-refractivity contribution in [3.8, 4) is 0 Å². The summed E-state index contributed by atoms with van der Waals surface area (Å²) in [4.78, 5) is 15.9. The number of sulfonamides is 1. The average Bonchev–Trinajstić information content (AvgIpc) is 2.68. The number of thioether (sulfide) groups is 1. The predicted molar refractivity (Wildman–Crippen MR) is 110 cm³/mol. The van der Waals surface area contributed by atoms with Gasteiger partial charge in [-0.15, -0.1) is 11.8 Å². The van der Waals surface area contributed by atoms with Crippen LogP contribution in [0.1, 0.15) is 62.2 Å². The van der Waals surface area contributed by atoms with Crippen molar-refractivity contribution in [1.29, 1.82) is 0 Å². The van der Waals surface area contributed by atoms with E-state index in [9.17, 15) is 13.2 Å². The van der Waals surface area contributed by atoms with Crippen LogP contribution in [0, 0.1) is 5.92 Å². The molecular weight excluding hydrogens is 380 g/mol. The molecule has 1 amide bonds. The zero-order valence-corrected chi connectivity index (χ0v) is 17.9. The van der Waals surface area contributed by atoms with E-state index in [-0.39, 0.29) is 16.8 Å². The van der Waals surface area contributed by atoms with Crippen LogP contribution in [-0.2, 0) is 10.0 Å². The number of nitrogens with zero attached hydrogens (tertiary/aromatic N) is 1. The van der Waals surface area contributed by atoms with Crippen molar-refractivity contribution < 1.29 is 13.2 Å². The quantitative estimate of drug-likeness (QED) is 0.748. The maximum Gasteiger partial charge on any atom is 0.255 e. The van der Waals surface area contributed by atoms with Crippen molar-refractivity contribution in [1.82, 2.24) is 9.62 Å². The van der Waals surface area contributed by atoms with Gasteiger partial charge in [-0.25, -0.2) is 13.1 Å². The van der Waals surface area contributed by atoms with Crippen LogP contribution in [0.25, 0.3) is 0 Å². The number of hydrogen-bond acceptors (Lipinski definition) is 4.